The fraction of sp³-hybridized carbons (Fsp3) is 0.429. The second kappa shape index (κ2) is 7.64. The van der Waals surface area contributed by atoms with E-state index in [1.807, 2.05) is 15.5 Å². The smallest absolute Gasteiger partial charge is 0.163 e. The Balaban J connectivity index is 1.54. The molecule has 3 aromatic heterocycles. The Morgan fingerprint density at radius 1 is 1.23 bits per heavy atom. The third-order valence-electron chi connectivity index (χ3n) is 5.76. The van der Waals surface area contributed by atoms with Crippen LogP contribution in [0.2, 0.25) is 0 Å². The highest BCUT2D eigenvalue weighted by Crippen LogP contribution is 2.45. The van der Waals surface area contributed by atoms with Gasteiger partial charge < -0.3 is 19.5 Å². The number of rotatable bonds is 8. The number of nitrogens with zero attached hydrogens (tertiary/aromatic N) is 6. The van der Waals surface area contributed by atoms with E-state index in [9.17, 15) is 9.18 Å². The van der Waals surface area contributed by atoms with Crippen molar-refractivity contribution in [2.75, 3.05) is 16.4 Å². The Hall–Kier alpha value is -3.07. The van der Waals surface area contributed by atoms with Crippen LogP contribution in [0.1, 0.15) is 31.5 Å². The highest BCUT2D eigenvalue weighted by Gasteiger charge is 2.43. The van der Waals surface area contributed by atoms with Crippen LogP contribution in [0, 0.1) is 5.82 Å². The number of unbranched alkanes of at least 4 members (excludes halogenated alkanes) is 1. The van der Waals surface area contributed by atoms with Gasteiger partial charge in [0.1, 0.15) is 17.2 Å². The molecule has 1 fully saturated rings. The first-order chi connectivity index (χ1) is 14.7. The van der Waals surface area contributed by atoms with E-state index in [-0.39, 0.29) is 6.61 Å². The summed E-state index contributed by atoms with van der Waals surface area (Å²) in [5.74, 6) is 0.274. The number of pyridine rings is 2. The lowest BCUT2D eigenvalue weighted by atomic mass is 10.3. The summed E-state index contributed by atoms with van der Waals surface area (Å²) >= 11 is 0. The first-order valence-electron chi connectivity index (χ1n) is 10.3. The van der Waals surface area contributed by atoms with Crippen molar-refractivity contribution in [1.82, 2.24) is 19.5 Å². The van der Waals surface area contributed by atoms with Crippen LogP contribution in [-0.2, 0) is 17.9 Å². The molecule has 0 bridgehead atoms. The van der Waals surface area contributed by atoms with Gasteiger partial charge in [-0.25, -0.2) is 14.4 Å². The molecule has 156 valence electrons. The second-order valence-electron chi connectivity index (χ2n) is 7.79. The molecule has 5 rings (SSSR count). The van der Waals surface area contributed by atoms with Crippen LogP contribution in [0.3, 0.4) is 0 Å². The summed E-state index contributed by atoms with van der Waals surface area (Å²) in [5, 5.41) is 9.16. The molecule has 0 radical (unpaired) electrons. The Morgan fingerprint density at radius 2 is 2.10 bits per heavy atom. The van der Waals surface area contributed by atoms with Crippen molar-refractivity contribution in [2.24, 2.45) is 0 Å². The largest absolute Gasteiger partial charge is 0.396 e. The molecule has 1 atom stereocenters. The third-order valence-corrected chi connectivity index (χ3v) is 5.76. The van der Waals surface area contributed by atoms with Crippen LogP contribution < -0.4 is 9.80 Å². The number of hydrogen-bond acceptors (Lipinski definition) is 7. The molecule has 4 heterocycles. The molecule has 1 saturated carbocycles. The molecule has 1 aliphatic heterocycles. The number of carbonyl (C=O) groups excluding carboxylic acids is 1. The highest BCUT2D eigenvalue weighted by molar-refractivity contribution is 5.86. The van der Waals surface area contributed by atoms with Gasteiger partial charge in [0.2, 0.25) is 0 Å². The predicted molar refractivity (Wildman–Crippen MR) is 110 cm³/mol. The molecule has 0 saturated heterocycles. The van der Waals surface area contributed by atoms with Gasteiger partial charge in [-0.2, -0.15) is 0 Å². The molecule has 8 nitrogen and oxygen atoms in total. The molecular weight excluding hydrogens is 387 g/mol. The predicted octanol–water partition coefficient (Wildman–Crippen LogP) is 2.25. The lowest BCUT2D eigenvalue weighted by Gasteiger charge is -2.28. The summed E-state index contributed by atoms with van der Waals surface area (Å²) in [5.41, 5.74) is 3.00. The average molecular weight is 410 g/mol. The van der Waals surface area contributed by atoms with Crippen molar-refractivity contribution in [3.63, 3.8) is 0 Å². The zero-order valence-corrected chi connectivity index (χ0v) is 16.5. The van der Waals surface area contributed by atoms with E-state index in [0.717, 1.165) is 36.9 Å². The zero-order valence-electron chi connectivity index (χ0n) is 16.5. The minimum absolute atomic E-state index is 0.110. The summed E-state index contributed by atoms with van der Waals surface area (Å²) in [4.78, 5) is 29.4. The minimum atomic E-state index is -0.435. The molecule has 30 heavy (non-hydrogen) atoms. The molecule has 1 N–H and O–H groups in total. The van der Waals surface area contributed by atoms with Crippen LogP contribution in [0.4, 0.5) is 15.8 Å². The van der Waals surface area contributed by atoms with E-state index in [2.05, 4.69) is 19.9 Å². The van der Waals surface area contributed by atoms with Crippen LogP contribution in [0.15, 0.2) is 30.7 Å². The number of aldehydes is 1. The van der Waals surface area contributed by atoms with E-state index in [4.69, 9.17) is 5.11 Å². The Labute approximate surface area is 173 Å². The van der Waals surface area contributed by atoms with E-state index in [1.165, 1.54) is 12.3 Å². The summed E-state index contributed by atoms with van der Waals surface area (Å²) in [6.07, 6.45) is 8.81. The fourth-order valence-corrected chi connectivity index (χ4v) is 4.26. The fourth-order valence-electron chi connectivity index (χ4n) is 4.26. The van der Waals surface area contributed by atoms with Crippen molar-refractivity contribution in [2.45, 2.75) is 51.0 Å². The maximum atomic E-state index is 13.7. The minimum Gasteiger partial charge on any atom is -0.396 e. The number of aryl methyl sites for hydroxylation is 1. The SMILES string of the molecule is O=CC1N(Cc2nc3cc(F)cnc3n2CCCCO)c2cnccc2N1C1CC1. The van der Waals surface area contributed by atoms with Gasteiger partial charge >= 0.3 is 0 Å². The first kappa shape index (κ1) is 18.9. The van der Waals surface area contributed by atoms with Crippen molar-refractivity contribution in [1.29, 1.82) is 0 Å². The van der Waals surface area contributed by atoms with E-state index >= 15 is 0 Å². The Bertz CT molecular complexity index is 1080. The van der Waals surface area contributed by atoms with E-state index < -0.39 is 12.0 Å². The number of aliphatic hydroxyl groups is 1. The Kier molecular flexibility index (Phi) is 4.82. The molecule has 0 aromatic carbocycles. The molecule has 0 spiro atoms. The number of imidazole rings is 1. The third kappa shape index (κ3) is 3.19. The molecule has 2 aliphatic rings. The summed E-state index contributed by atoms with van der Waals surface area (Å²) < 4.78 is 15.7. The van der Waals surface area contributed by atoms with Crippen molar-refractivity contribution < 1.29 is 14.3 Å². The number of anilines is 2. The van der Waals surface area contributed by atoms with Crippen molar-refractivity contribution in [3.05, 3.63) is 42.4 Å². The van der Waals surface area contributed by atoms with Crippen molar-refractivity contribution >= 4 is 28.8 Å². The molecule has 9 heteroatoms. The normalized spacial score (nSPS) is 18.3. The van der Waals surface area contributed by atoms with Gasteiger partial charge in [-0.05, 0) is 31.7 Å². The molecule has 1 unspecified atom stereocenters. The van der Waals surface area contributed by atoms with Gasteiger partial charge in [0, 0.05) is 31.5 Å². The van der Waals surface area contributed by atoms with E-state index in [0.29, 0.717) is 42.5 Å². The summed E-state index contributed by atoms with van der Waals surface area (Å²) in [6.45, 7) is 1.10. The molecular formula is C21H23FN6O2. The summed E-state index contributed by atoms with van der Waals surface area (Å²) in [7, 11) is 0. The molecule has 0 amide bonds. The highest BCUT2D eigenvalue weighted by atomic mass is 19.1. The lowest BCUT2D eigenvalue weighted by Crippen LogP contribution is -2.45. The van der Waals surface area contributed by atoms with Gasteiger partial charge in [0.25, 0.3) is 0 Å². The van der Waals surface area contributed by atoms with Gasteiger partial charge in [-0.15, -0.1) is 0 Å². The van der Waals surface area contributed by atoms with Crippen LogP contribution in [-0.4, -0.2) is 49.7 Å². The van der Waals surface area contributed by atoms with Gasteiger partial charge in [-0.3, -0.25) is 9.78 Å². The number of fused-ring (bicyclic) bond motifs is 2. The maximum absolute atomic E-state index is 13.7. The molecule has 3 aromatic rings. The first-order valence-corrected chi connectivity index (χ1v) is 10.3. The Morgan fingerprint density at radius 3 is 2.87 bits per heavy atom. The number of aliphatic hydroxyl groups excluding tert-OH is 1. The van der Waals surface area contributed by atoms with Crippen LogP contribution >= 0.6 is 0 Å². The standard InChI is InChI=1S/C21H23FN6O2/c22-14-9-16-21(24-10-14)26(7-1-2-8-29)19(25-16)12-27-18-11-23-6-5-17(18)28(15-3-4-15)20(27)13-30/h5-6,9-11,13,15,20,29H,1-4,7-8,12H2. The maximum Gasteiger partial charge on any atom is 0.163 e. The quantitative estimate of drug-likeness (QED) is 0.450. The number of carbonyl (C=O) groups is 1. The number of halogens is 1. The molecule has 1 aliphatic carbocycles. The van der Waals surface area contributed by atoms with Crippen LogP contribution in [0.5, 0.6) is 0 Å². The lowest BCUT2D eigenvalue weighted by molar-refractivity contribution is -0.108. The van der Waals surface area contributed by atoms with Gasteiger partial charge in [-0.1, -0.05) is 0 Å². The summed E-state index contributed by atoms with van der Waals surface area (Å²) in [6, 6.07) is 3.69. The van der Waals surface area contributed by atoms with Crippen molar-refractivity contribution in [3.8, 4) is 0 Å². The number of aromatic nitrogens is 4. The zero-order chi connectivity index (χ0) is 20.7. The number of hydrogen-bond donors (Lipinski definition) is 1. The van der Waals surface area contributed by atoms with Gasteiger partial charge in [0.05, 0.1) is 30.3 Å². The topological polar surface area (TPSA) is 87.4 Å². The van der Waals surface area contributed by atoms with E-state index in [1.54, 1.807) is 12.4 Å². The second-order valence-corrected chi connectivity index (χ2v) is 7.79. The monoisotopic (exact) mass is 410 g/mol. The van der Waals surface area contributed by atoms with Gasteiger partial charge in [0.15, 0.2) is 18.1 Å². The average Bonchev–Trinajstić information content (AvgIpc) is 3.47. The van der Waals surface area contributed by atoms with Crippen LogP contribution in [0.25, 0.3) is 11.2 Å².